The molecule has 0 aromatic carbocycles. The number of hydrogen-bond acceptors (Lipinski definition) is 2. The van der Waals surface area contributed by atoms with Crippen LogP contribution in [0.2, 0.25) is 0 Å². The average molecular weight is 180 g/mol. The second kappa shape index (κ2) is 7.99. The third-order valence-corrected chi connectivity index (χ3v) is 0.803. The van der Waals surface area contributed by atoms with Crippen molar-refractivity contribution < 1.29 is 26.6 Å². The number of rotatable bonds is 3. The minimum Gasteiger partial charge on any atom is -0.466 e. The van der Waals surface area contributed by atoms with E-state index in [0.29, 0.717) is 6.61 Å². The summed E-state index contributed by atoms with van der Waals surface area (Å²) in [4.78, 5) is 10.1. The van der Waals surface area contributed by atoms with Crippen LogP contribution >= 0.6 is 0 Å². The van der Waals surface area contributed by atoms with Crippen molar-refractivity contribution in [3.63, 3.8) is 0 Å². The summed E-state index contributed by atoms with van der Waals surface area (Å²) in [7, 11) is 0. The molecule has 0 aliphatic carbocycles. The zero-order valence-corrected chi connectivity index (χ0v) is 6.68. The number of ether oxygens (including phenoxy) is 1. The summed E-state index contributed by atoms with van der Waals surface area (Å²) in [6.45, 7) is 4.06. The molecule has 0 aromatic rings. The van der Waals surface area contributed by atoms with Crippen molar-refractivity contribution in [3.8, 4) is 0 Å². The summed E-state index contributed by atoms with van der Waals surface area (Å²) in [5, 5.41) is 0. The van der Waals surface area contributed by atoms with Gasteiger partial charge in [0.2, 0.25) is 0 Å². The molecule has 0 heterocycles. The molecule has 0 N–H and O–H groups in total. The van der Waals surface area contributed by atoms with Gasteiger partial charge in [0, 0.05) is 24.0 Å². The topological polar surface area (TPSA) is 26.3 Å². The smallest absolute Gasteiger partial charge is 0.302 e. The Morgan fingerprint density at radius 3 is 2.44 bits per heavy atom. The number of carbonyl (C=O) groups excluding carboxylic acids is 1. The molecular formula is C6H12CuO2. The fourth-order valence-corrected chi connectivity index (χ4v) is 0.360. The predicted molar refractivity (Wildman–Crippen MR) is 31.5 cm³/mol. The summed E-state index contributed by atoms with van der Waals surface area (Å²) in [6, 6.07) is 0. The Balaban J connectivity index is 0. The van der Waals surface area contributed by atoms with E-state index in [0.717, 1.165) is 12.8 Å². The van der Waals surface area contributed by atoms with Gasteiger partial charge in [-0.2, -0.15) is 0 Å². The van der Waals surface area contributed by atoms with E-state index in [-0.39, 0.29) is 23.0 Å². The van der Waals surface area contributed by atoms with E-state index in [1.165, 1.54) is 6.92 Å². The first-order valence-corrected chi connectivity index (χ1v) is 2.90. The quantitative estimate of drug-likeness (QED) is 0.372. The normalized spacial score (nSPS) is 7.78. The Morgan fingerprint density at radius 2 is 2.11 bits per heavy atom. The Hall–Kier alpha value is -0.0105. The van der Waals surface area contributed by atoms with Gasteiger partial charge in [0.1, 0.15) is 0 Å². The molecule has 0 unspecified atom stereocenters. The molecule has 0 aliphatic heterocycles. The molecule has 1 radical (unpaired) electrons. The maximum absolute atomic E-state index is 10.1. The second-order valence-electron chi connectivity index (χ2n) is 1.69. The summed E-state index contributed by atoms with van der Waals surface area (Å²) >= 11 is 0. The van der Waals surface area contributed by atoms with Gasteiger partial charge in [0.05, 0.1) is 6.61 Å². The summed E-state index contributed by atoms with van der Waals surface area (Å²) in [6.07, 6.45) is 2.05. The van der Waals surface area contributed by atoms with Gasteiger partial charge in [0.15, 0.2) is 0 Å². The molecule has 0 aromatic heterocycles. The van der Waals surface area contributed by atoms with Crippen molar-refractivity contribution in [2.75, 3.05) is 6.61 Å². The maximum Gasteiger partial charge on any atom is 0.302 e. The van der Waals surface area contributed by atoms with Crippen LogP contribution in [0, 0.1) is 0 Å². The van der Waals surface area contributed by atoms with Crippen molar-refractivity contribution in [1.29, 1.82) is 0 Å². The van der Waals surface area contributed by atoms with Crippen LogP contribution in [0.3, 0.4) is 0 Å². The third-order valence-electron chi connectivity index (χ3n) is 0.803. The standard InChI is InChI=1S/C6H12O2.Cu/c1-3-4-5-8-6(2)7;/h3-5H2,1-2H3;. The van der Waals surface area contributed by atoms with Crippen LogP contribution in [0.1, 0.15) is 26.7 Å². The van der Waals surface area contributed by atoms with E-state index in [2.05, 4.69) is 11.7 Å². The fourth-order valence-electron chi connectivity index (χ4n) is 0.360. The van der Waals surface area contributed by atoms with E-state index in [1.807, 2.05) is 0 Å². The number of carbonyl (C=O) groups is 1. The largest absolute Gasteiger partial charge is 0.466 e. The SMILES string of the molecule is CCCCOC(C)=O.[Cu]. The average Bonchev–Trinajstić information content (AvgIpc) is 1.66. The molecule has 0 aliphatic rings. The van der Waals surface area contributed by atoms with Crippen LogP contribution < -0.4 is 0 Å². The van der Waals surface area contributed by atoms with Crippen LogP contribution in [-0.4, -0.2) is 12.6 Å². The second-order valence-corrected chi connectivity index (χ2v) is 1.69. The first-order chi connectivity index (χ1) is 3.77. The molecule has 0 saturated carbocycles. The van der Waals surface area contributed by atoms with Gasteiger partial charge in [-0.15, -0.1) is 0 Å². The van der Waals surface area contributed by atoms with Crippen LogP contribution in [0.15, 0.2) is 0 Å². The van der Waals surface area contributed by atoms with Gasteiger partial charge in [-0.05, 0) is 6.42 Å². The van der Waals surface area contributed by atoms with Crippen LogP contribution in [0.4, 0.5) is 0 Å². The van der Waals surface area contributed by atoms with Gasteiger partial charge < -0.3 is 4.74 Å². The van der Waals surface area contributed by atoms with E-state index < -0.39 is 0 Å². The predicted octanol–water partition coefficient (Wildman–Crippen LogP) is 1.35. The van der Waals surface area contributed by atoms with Crippen molar-refractivity contribution in [3.05, 3.63) is 0 Å². The molecule has 0 amide bonds. The third kappa shape index (κ3) is 11.5. The molecule has 0 fully saturated rings. The molecular weight excluding hydrogens is 168 g/mol. The molecule has 0 bridgehead atoms. The monoisotopic (exact) mass is 179 g/mol. The van der Waals surface area contributed by atoms with Crippen LogP contribution in [0.5, 0.6) is 0 Å². The van der Waals surface area contributed by atoms with E-state index in [9.17, 15) is 4.79 Å². The van der Waals surface area contributed by atoms with E-state index >= 15 is 0 Å². The zero-order valence-electron chi connectivity index (χ0n) is 5.74. The van der Waals surface area contributed by atoms with Gasteiger partial charge in [-0.1, -0.05) is 13.3 Å². The molecule has 59 valence electrons. The number of esters is 1. The van der Waals surface area contributed by atoms with Crippen molar-refractivity contribution in [1.82, 2.24) is 0 Å². The minimum absolute atomic E-state index is 0. The summed E-state index contributed by atoms with van der Waals surface area (Å²) < 4.78 is 4.64. The minimum atomic E-state index is -0.182. The van der Waals surface area contributed by atoms with E-state index in [4.69, 9.17) is 0 Å². The molecule has 9 heavy (non-hydrogen) atoms. The van der Waals surface area contributed by atoms with Gasteiger partial charge in [0.25, 0.3) is 0 Å². The molecule has 2 nitrogen and oxygen atoms in total. The maximum atomic E-state index is 10.1. The summed E-state index contributed by atoms with van der Waals surface area (Å²) in [5.41, 5.74) is 0. The van der Waals surface area contributed by atoms with Crippen molar-refractivity contribution in [2.24, 2.45) is 0 Å². The van der Waals surface area contributed by atoms with Crippen molar-refractivity contribution in [2.45, 2.75) is 26.7 Å². The molecule has 0 atom stereocenters. The number of unbranched alkanes of at least 4 members (excludes halogenated alkanes) is 1. The zero-order chi connectivity index (χ0) is 6.41. The van der Waals surface area contributed by atoms with Crippen molar-refractivity contribution >= 4 is 5.97 Å². The molecule has 3 heteroatoms. The Labute approximate surface area is 66.4 Å². The van der Waals surface area contributed by atoms with E-state index in [1.54, 1.807) is 0 Å². The van der Waals surface area contributed by atoms with Gasteiger partial charge >= 0.3 is 5.97 Å². The fraction of sp³-hybridized carbons (Fsp3) is 0.833. The van der Waals surface area contributed by atoms with Crippen LogP contribution in [-0.2, 0) is 26.6 Å². The molecule has 0 spiro atoms. The molecule has 0 saturated heterocycles. The Bertz CT molecular complexity index is 73.5. The first-order valence-electron chi connectivity index (χ1n) is 2.90. The Morgan fingerprint density at radius 1 is 1.56 bits per heavy atom. The number of hydrogen-bond donors (Lipinski definition) is 0. The van der Waals surface area contributed by atoms with Gasteiger partial charge in [-0.3, -0.25) is 4.79 Å². The first kappa shape index (κ1) is 11.7. The van der Waals surface area contributed by atoms with Crippen LogP contribution in [0.25, 0.3) is 0 Å². The molecule has 0 rings (SSSR count). The van der Waals surface area contributed by atoms with Gasteiger partial charge in [-0.25, -0.2) is 0 Å². The summed E-state index contributed by atoms with van der Waals surface area (Å²) in [5.74, 6) is -0.182. The Kier molecular flexibility index (Phi) is 10.4.